The number of β-lactam (4-membered cyclic amide) rings is 1. The second-order valence-corrected chi connectivity index (χ2v) is 10.7. The smallest absolute Gasteiger partial charge is 0.327 e. The third-order valence-electron chi connectivity index (χ3n) is 5.23. The molecule has 2 aliphatic rings. The molecular weight excluding hydrogens is 390 g/mol. The van der Waals surface area contributed by atoms with Crippen molar-refractivity contribution in [2.24, 2.45) is 0 Å². The molecule has 8 heteroatoms. The number of thioether (sulfide) groups is 1. The summed E-state index contributed by atoms with van der Waals surface area (Å²) in [6, 6.07) is 5.96. The molecule has 2 aliphatic heterocycles. The highest BCUT2D eigenvalue weighted by Gasteiger charge is 2.64. The summed E-state index contributed by atoms with van der Waals surface area (Å²) in [5.74, 6) is -1.39. The largest absolute Gasteiger partial charge is 0.480 e. The molecule has 2 heterocycles. The minimum absolute atomic E-state index is 0.0794. The van der Waals surface area contributed by atoms with Gasteiger partial charge in [-0.1, -0.05) is 45.0 Å². The Hall–Kier alpha value is -2.48. The summed E-state index contributed by atoms with van der Waals surface area (Å²) in [5.41, 5.74) is 2.25. The van der Waals surface area contributed by atoms with E-state index in [1.54, 1.807) is 19.9 Å². The number of benzene rings is 1. The van der Waals surface area contributed by atoms with E-state index in [-0.39, 0.29) is 16.7 Å². The van der Waals surface area contributed by atoms with E-state index in [2.05, 4.69) is 43.5 Å². The van der Waals surface area contributed by atoms with E-state index in [4.69, 9.17) is 0 Å². The standard InChI is InChI=1S/C21H27N3O4S/c1-20(2,3)13-8-6-12(7-9-13)10-11-22-19(28)23-14-16(25)24-15(18(26)27)21(4,5)29-17(14)24/h6-11,14-15,17H,1-5H3,(H,26,27)(H2,22,23,28)/b11-10+/t14?,15-,17?/m0/s1. The van der Waals surface area contributed by atoms with Gasteiger partial charge in [0.15, 0.2) is 0 Å². The maximum absolute atomic E-state index is 12.4. The van der Waals surface area contributed by atoms with Crippen LogP contribution in [0.5, 0.6) is 0 Å². The predicted octanol–water partition coefficient (Wildman–Crippen LogP) is 2.77. The third kappa shape index (κ3) is 4.12. The Morgan fingerprint density at radius 2 is 1.83 bits per heavy atom. The molecule has 0 saturated carbocycles. The van der Waals surface area contributed by atoms with E-state index in [1.165, 1.54) is 28.4 Å². The lowest BCUT2D eigenvalue weighted by Gasteiger charge is -2.43. The molecular formula is C21H27N3O4S. The molecule has 2 unspecified atom stereocenters. The van der Waals surface area contributed by atoms with Crippen LogP contribution in [0.2, 0.25) is 0 Å². The van der Waals surface area contributed by atoms with E-state index >= 15 is 0 Å². The maximum atomic E-state index is 12.4. The topological polar surface area (TPSA) is 98.7 Å². The zero-order chi connectivity index (χ0) is 21.6. The minimum atomic E-state index is -1.03. The van der Waals surface area contributed by atoms with E-state index in [0.717, 1.165) is 5.56 Å². The molecule has 29 heavy (non-hydrogen) atoms. The molecule has 1 aromatic carbocycles. The number of carbonyl (C=O) groups excluding carboxylic acids is 2. The van der Waals surface area contributed by atoms with Gasteiger partial charge in [0.1, 0.15) is 17.5 Å². The fourth-order valence-electron chi connectivity index (χ4n) is 3.64. The van der Waals surface area contributed by atoms with Gasteiger partial charge in [0.2, 0.25) is 5.91 Å². The van der Waals surface area contributed by atoms with Crippen LogP contribution in [-0.2, 0) is 15.0 Å². The van der Waals surface area contributed by atoms with Crippen molar-refractivity contribution in [3.8, 4) is 0 Å². The molecule has 1 aromatic rings. The summed E-state index contributed by atoms with van der Waals surface area (Å²) in [6.07, 6.45) is 3.29. The normalized spacial score (nSPS) is 25.5. The summed E-state index contributed by atoms with van der Waals surface area (Å²) in [4.78, 5) is 37.4. The average Bonchev–Trinajstić information content (AvgIpc) is 2.87. The number of hydrogen-bond acceptors (Lipinski definition) is 4. The first-order valence-electron chi connectivity index (χ1n) is 9.49. The van der Waals surface area contributed by atoms with Crippen molar-refractivity contribution in [1.82, 2.24) is 15.5 Å². The van der Waals surface area contributed by atoms with Crippen molar-refractivity contribution in [2.45, 2.75) is 62.2 Å². The molecule has 0 spiro atoms. The first-order valence-corrected chi connectivity index (χ1v) is 10.4. The van der Waals surface area contributed by atoms with Crippen LogP contribution >= 0.6 is 11.8 Å². The summed E-state index contributed by atoms with van der Waals surface area (Å²) in [5, 5.41) is 14.3. The van der Waals surface area contributed by atoms with Gasteiger partial charge in [-0.2, -0.15) is 0 Å². The fraction of sp³-hybridized carbons (Fsp3) is 0.476. The molecule has 156 valence electrons. The van der Waals surface area contributed by atoms with Crippen molar-refractivity contribution >= 4 is 35.7 Å². The predicted molar refractivity (Wildman–Crippen MR) is 113 cm³/mol. The fourth-order valence-corrected chi connectivity index (χ4v) is 5.26. The molecule has 0 aromatic heterocycles. The highest BCUT2D eigenvalue weighted by Crippen LogP contribution is 2.50. The molecule has 3 atom stereocenters. The quantitative estimate of drug-likeness (QED) is 0.655. The van der Waals surface area contributed by atoms with Crippen LogP contribution in [0.4, 0.5) is 4.79 Å². The van der Waals surface area contributed by atoms with Crippen molar-refractivity contribution in [1.29, 1.82) is 0 Å². The Morgan fingerprint density at radius 3 is 2.38 bits per heavy atom. The van der Waals surface area contributed by atoms with Gasteiger partial charge in [0.05, 0.1) is 0 Å². The van der Waals surface area contributed by atoms with Crippen LogP contribution in [0.3, 0.4) is 0 Å². The molecule has 0 aliphatic carbocycles. The van der Waals surface area contributed by atoms with Crippen molar-refractivity contribution < 1.29 is 19.5 Å². The molecule has 3 amide bonds. The van der Waals surface area contributed by atoms with Crippen LogP contribution in [0.1, 0.15) is 45.7 Å². The Kier molecular flexibility index (Phi) is 5.42. The summed E-state index contributed by atoms with van der Waals surface area (Å²) >= 11 is 1.40. The molecule has 3 rings (SSSR count). The first-order chi connectivity index (χ1) is 13.4. The van der Waals surface area contributed by atoms with Gasteiger partial charge in [0.25, 0.3) is 0 Å². The molecule has 0 radical (unpaired) electrons. The van der Waals surface area contributed by atoms with Gasteiger partial charge in [-0.15, -0.1) is 11.8 Å². The number of amides is 3. The van der Waals surface area contributed by atoms with Crippen LogP contribution in [0.15, 0.2) is 30.5 Å². The maximum Gasteiger partial charge on any atom is 0.327 e. The zero-order valence-electron chi connectivity index (χ0n) is 17.2. The number of nitrogens with zero attached hydrogens (tertiary/aromatic N) is 1. The number of carboxylic acid groups (broad SMARTS) is 1. The number of carboxylic acids is 1. The molecule has 2 fully saturated rings. The number of rotatable bonds is 4. The van der Waals surface area contributed by atoms with Gasteiger partial charge >= 0.3 is 12.0 Å². The number of urea groups is 1. The van der Waals surface area contributed by atoms with Crippen LogP contribution in [-0.4, -0.2) is 50.1 Å². The van der Waals surface area contributed by atoms with Crippen LogP contribution < -0.4 is 10.6 Å². The zero-order valence-corrected chi connectivity index (χ0v) is 18.0. The number of nitrogens with one attached hydrogen (secondary N) is 2. The van der Waals surface area contributed by atoms with Crippen molar-refractivity contribution in [3.63, 3.8) is 0 Å². The van der Waals surface area contributed by atoms with Gasteiger partial charge in [-0.3, -0.25) is 4.79 Å². The second kappa shape index (κ2) is 7.40. The van der Waals surface area contributed by atoms with Gasteiger partial charge < -0.3 is 20.6 Å². The van der Waals surface area contributed by atoms with E-state index in [9.17, 15) is 19.5 Å². The Bertz CT molecular complexity index is 858. The number of fused-ring (bicyclic) bond motifs is 1. The number of hydrogen-bond donors (Lipinski definition) is 3. The minimum Gasteiger partial charge on any atom is -0.480 e. The van der Waals surface area contributed by atoms with E-state index < -0.39 is 28.8 Å². The second-order valence-electron chi connectivity index (χ2n) is 8.90. The lowest BCUT2D eigenvalue weighted by Crippen LogP contribution is -2.71. The average molecular weight is 418 g/mol. The number of aliphatic carboxylic acids is 1. The lowest BCUT2D eigenvalue weighted by atomic mass is 9.87. The number of carbonyl (C=O) groups is 3. The van der Waals surface area contributed by atoms with Crippen LogP contribution in [0.25, 0.3) is 6.08 Å². The van der Waals surface area contributed by atoms with Gasteiger partial charge in [-0.25, -0.2) is 9.59 Å². The highest BCUT2D eigenvalue weighted by molar-refractivity contribution is 8.01. The first kappa shape index (κ1) is 21.2. The monoisotopic (exact) mass is 417 g/mol. The SMILES string of the molecule is CC(C)(C)c1ccc(/C=C/NC(=O)NC2C(=O)N3C2SC(C)(C)[C@@H]3C(=O)O)cc1. The molecule has 7 nitrogen and oxygen atoms in total. The highest BCUT2D eigenvalue weighted by atomic mass is 32.2. The molecule has 0 bridgehead atoms. The van der Waals surface area contributed by atoms with Crippen molar-refractivity contribution in [2.75, 3.05) is 0 Å². The Labute approximate surface area is 174 Å². The van der Waals surface area contributed by atoms with Gasteiger partial charge in [-0.05, 0) is 36.5 Å². The van der Waals surface area contributed by atoms with Crippen LogP contribution in [0, 0.1) is 0 Å². The van der Waals surface area contributed by atoms with E-state index in [1.807, 2.05) is 12.1 Å². The lowest BCUT2D eigenvalue weighted by molar-refractivity contribution is -0.159. The summed E-state index contributed by atoms with van der Waals surface area (Å²) in [6.45, 7) is 10.0. The Balaban J connectivity index is 1.55. The summed E-state index contributed by atoms with van der Waals surface area (Å²) in [7, 11) is 0. The molecule has 3 N–H and O–H groups in total. The third-order valence-corrected chi connectivity index (χ3v) is 6.80. The van der Waals surface area contributed by atoms with Gasteiger partial charge in [0, 0.05) is 10.9 Å². The molecule has 2 saturated heterocycles. The Morgan fingerprint density at radius 1 is 1.21 bits per heavy atom. The summed E-state index contributed by atoms with van der Waals surface area (Å²) < 4.78 is -0.613. The van der Waals surface area contributed by atoms with E-state index in [0.29, 0.717) is 0 Å². The van der Waals surface area contributed by atoms with Crippen molar-refractivity contribution in [3.05, 3.63) is 41.6 Å².